The van der Waals surface area contributed by atoms with Crippen LogP contribution in [0.5, 0.6) is 0 Å². The fourth-order valence-electron chi connectivity index (χ4n) is 4.29. The fourth-order valence-corrected chi connectivity index (χ4v) is 4.60. The number of aromatic nitrogens is 1. The first-order valence-electron chi connectivity index (χ1n) is 10.1. The summed E-state index contributed by atoms with van der Waals surface area (Å²) in [5.74, 6) is -0.0812. The van der Waals surface area contributed by atoms with E-state index in [4.69, 9.17) is 17.3 Å². The van der Waals surface area contributed by atoms with Gasteiger partial charge in [0.05, 0.1) is 5.52 Å². The average Bonchev–Trinajstić information content (AvgIpc) is 2.74. The molecule has 31 heavy (non-hydrogen) atoms. The smallest absolute Gasteiger partial charge is 0.398 e. The summed E-state index contributed by atoms with van der Waals surface area (Å²) < 4.78 is 39.4. The molecule has 0 bridgehead atoms. The van der Waals surface area contributed by atoms with Gasteiger partial charge in [-0.25, -0.2) is 4.98 Å². The van der Waals surface area contributed by atoms with Crippen LogP contribution in [0, 0.1) is 0 Å². The van der Waals surface area contributed by atoms with Crippen molar-refractivity contribution in [2.75, 3.05) is 5.73 Å². The van der Waals surface area contributed by atoms with Crippen LogP contribution in [0.1, 0.15) is 53.2 Å². The number of hydrogen-bond acceptors (Lipinski definition) is 3. The zero-order valence-corrected chi connectivity index (χ0v) is 17.3. The van der Waals surface area contributed by atoms with Gasteiger partial charge in [0.25, 0.3) is 5.91 Å². The van der Waals surface area contributed by atoms with Crippen molar-refractivity contribution in [2.24, 2.45) is 0 Å². The van der Waals surface area contributed by atoms with E-state index in [1.54, 1.807) is 18.2 Å². The highest BCUT2D eigenvalue weighted by molar-refractivity contribution is 6.32. The van der Waals surface area contributed by atoms with E-state index in [9.17, 15) is 18.0 Å². The van der Waals surface area contributed by atoms with Gasteiger partial charge in [0, 0.05) is 27.7 Å². The number of hydrogen-bond donors (Lipinski definition) is 2. The van der Waals surface area contributed by atoms with Crippen molar-refractivity contribution in [3.05, 3.63) is 70.4 Å². The van der Waals surface area contributed by atoms with E-state index in [0.29, 0.717) is 16.0 Å². The molecule has 162 valence electrons. The summed E-state index contributed by atoms with van der Waals surface area (Å²) in [4.78, 5) is 16.2. The molecule has 3 aromatic rings. The van der Waals surface area contributed by atoms with Crippen LogP contribution < -0.4 is 11.1 Å². The van der Waals surface area contributed by atoms with Crippen LogP contribution in [0.25, 0.3) is 10.9 Å². The number of benzene rings is 2. The summed E-state index contributed by atoms with van der Waals surface area (Å²) in [6, 6.07) is 13.0. The van der Waals surface area contributed by atoms with E-state index in [-0.39, 0.29) is 29.1 Å². The number of fused-ring (bicyclic) bond motifs is 1. The number of nitrogens with one attached hydrogen (secondary N) is 1. The maximum absolute atomic E-state index is 13.1. The molecule has 1 aliphatic carbocycles. The van der Waals surface area contributed by atoms with E-state index < -0.39 is 11.9 Å². The second-order valence-corrected chi connectivity index (χ2v) is 8.24. The molecule has 4 nitrogen and oxygen atoms in total. The van der Waals surface area contributed by atoms with Crippen LogP contribution in [0.15, 0.2) is 48.5 Å². The molecular weight excluding hydrogens is 427 g/mol. The first-order chi connectivity index (χ1) is 14.7. The second kappa shape index (κ2) is 8.38. The predicted molar refractivity (Wildman–Crippen MR) is 115 cm³/mol. The van der Waals surface area contributed by atoms with E-state index in [2.05, 4.69) is 10.3 Å². The Kier molecular flexibility index (Phi) is 5.79. The Labute approximate surface area is 182 Å². The van der Waals surface area contributed by atoms with E-state index in [1.807, 2.05) is 18.2 Å². The molecule has 1 aliphatic rings. The Balaban J connectivity index is 1.55. The van der Waals surface area contributed by atoms with Gasteiger partial charge in [0.1, 0.15) is 5.69 Å². The number of nitrogen functional groups attached to an aromatic ring is 1. The summed E-state index contributed by atoms with van der Waals surface area (Å²) in [6.07, 6.45) is -1.62. The predicted octanol–water partition coefficient (Wildman–Crippen LogP) is 5.95. The van der Waals surface area contributed by atoms with Crippen LogP contribution in [-0.4, -0.2) is 16.9 Å². The molecule has 3 N–H and O–H groups in total. The van der Waals surface area contributed by atoms with Crippen molar-refractivity contribution >= 4 is 34.1 Å². The Bertz CT molecular complexity index is 1110. The van der Waals surface area contributed by atoms with Crippen molar-refractivity contribution in [3.63, 3.8) is 0 Å². The number of halogens is 4. The molecule has 1 saturated carbocycles. The molecular formula is C23H21ClF3N3O. The molecule has 0 aliphatic heterocycles. The van der Waals surface area contributed by atoms with Gasteiger partial charge < -0.3 is 11.1 Å². The lowest BCUT2D eigenvalue weighted by molar-refractivity contribution is -0.140. The van der Waals surface area contributed by atoms with E-state index in [0.717, 1.165) is 37.3 Å². The molecule has 0 unspecified atom stereocenters. The minimum absolute atomic E-state index is 0.0225. The molecule has 0 spiro atoms. The quantitative estimate of drug-likeness (QED) is 0.521. The normalized spacial score (nSPS) is 19.4. The number of nitrogens with two attached hydrogens (primary N) is 1. The molecule has 1 amide bonds. The summed E-state index contributed by atoms with van der Waals surface area (Å²) in [5.41, 5.74) is 6.58. The highest BCUT2D eigenvalue weighted by Gasteiger charge is 2.34. The highest BCUT2D eigenvalue weighted by atomic mass is 35.5. The monoisotopic (exact) mass is 447 g/mol. The summed E-state index contributed by atoms with van der Waals surface area (Å²) in [7, 11) is 0. The maximum Gasteiger partial charge on any atom is 0.433 e. The average molecular weight is 448 g/mol. The van der Waals surface area contributed by atoms with Gasteiger partial charge >= 0.3 is 6.18 Å². The number of nitrogens with zero attached hydrogens (tertiary/aromatic N) is 1. The molecule has 8 heteroatoms. The van der Waals surface area contributed by atoms with Crippen molar-refractivity contribution in [3.8, 4) is 0 Å². The number of alkyl halides is 3. The van der Waals surface area contributed by atoms with Gasteiger partial charge in [-0.15, -0.1) is 0 Å². The van der Waals surface area contributed by atoms with Crippen molar-refractivity contribution < 1.29 is 18.0 Å². The second-order valence-electron chi connectivity index (χ2n) is 7.84. The van der Waals surface area contributed by atoms with E-state index >= 15 is 0 Å². The lowest BCUT2D eigenvalue weighted by Gasteiger charge is -2.30. The molecule has 2 aromatic carbocycles. The maximum atomic E-state index is 13.1. The minimum Gasteiger partial charge on any atom is -0.398 e. The third-order valence-corrected chi connectivity index (χ3v) is 6.12. The van der Waals surface area contributed by atoms with Gasteiger partial charge in [0.2, 0.25) is 0 Å². The van der Waals surface area contributed by atoms with E-state index in [1.165, 1.54) is 6.07 Å². The lowest BCUT2D eigenvalue weighted by Crippen LogP contribution is -2.37. The standard InChI is InChI=1S/C23H21ClF3N3O/c24-16-10-11-18-21(17(28)12-19(30-18)23(25,26)27)20(16)13-6-8-15(9-7-13)29-22(31)14-4-2-1-3-5-14/h1-5,10-13,15H,6-9H2,(H2,28,30)(H,29,31). The molecule has 0 radical (unpaired) electrons. The molecule has 1 fully saturated rings. The van der Waals surface area contributed by atoms with Crippen LogP contribution in [0.2, 0.25) is 5.02 Å². The number of amides is 1. The Morgan fingerprint density at radius 3 is 2.39 bits per heavy atom. The highest BCUT2D eigenvalue weighted by Crippen LogP contribution is 2.43. The summed E-state index contributed by atoms with van der Waals surface area (Å²) >= 11 is 6.46. The number of carbonyl (C=O) groups is 1. The van der Waals surface area contributed by atoms with Crippen molar-refractivity contribution in [1.82, 2.24) is 10.3 Å². The summed E-state index contributed by atoms with van der Waals surface area (Å²) in [5, 5.41) is 4.01. The Hall–Kier alpha value is -2.80. The molecule has 0 saturated heterocycles. The van der Waals surface area contributed by atoms with Crippen LogP contribution in [0.4, 0.5) is 18.9 Å². The number of pyridine rings is 1. The third kappa shape index (κ3) is 4.46. The fraction of sp³-hybridized carbons (Fsp3) is 0.304. The number of anilines is 1. The van der Waals surface area contributed by atoms with Crippen LogP contribution in [-0.2, 0) is 6.18 Å². The number of rotatable bonds is 3. The van der Waals surface area contributed by atoms with Gasteiger partial charge in [-0.2, -0.15) is 13.2 Å². The first-order valence-corrected chi connectivity index (χ1v) is 10.4. The molecule has 0 atom stereocenters. The zero-order chi connectivity index (χ0) is 22.2. The lowest BCUT2D eigenvalue weighted by atomic mass is 9.80. The Morgan fingerprint density at radius 2 is 1.74 bits per heavy atom. The Morgan fingerprint density at radius 1 is 1.06 bits per heavy atom. The van der Waals surface area contributed by atoms with Gasteiger partial charge in [-0.1, -0.05) is 29.8 Å². The van der Waals surface area contributed by atoms with Crippen molar-refractivity contribution in [1.29, 1.82) is 0 Å². The topological polar surface area (TPSA) is 68.0 Å². The molecule has 4 rings (SSSR count). The van der Waals surface area contributed by atoms with Gasteiger partial charge in [-0.05, 0) is 67.5 Å². The largest absolute Gasteiger partial charge is 0.433 e. The minimum atomic E-state index is -4.57. The SMILES string of the molecule is Nc1cc(C(F)(F)F)nc2ccc(Cl)c(C3CCC(NC(=O)c4ccccc4)CC3)c12. The zero-order valence-electron chi connectivity index (χ0n) is 16.5. The molecule has 1 aromatic heterocycles. The first kappa shape index (κ1) is 21.4. The molecule has 1 heterocycles. The van der Waals surface area contributed by atoms with Crippen LogP contribution >= 0.6 is 11.6 Å². The van der Waals surface area contributed by atoms with Crippen molar-refractivity contribution in [2.45, 2.75) is 43.8 Å². The summed E-state index contributed by atoms with van der Waals surface area (Å²) in [6.45, 7) is 0. The van der Waals surface area contributed by atoms with Gasteiger partial charge in [-0.3, -0.25) is 4.79 Å². The van der Waals surface area contributed by atoms with Gasteiger partial charge in [0.15, 0.2) is 0 Å². The van der Waals surface area contributed by atoms with Crippen LogP contribution in [0.3, 0.4) is 0 Å². The third-order valence-electron chi connectivity index (χ3n) is 5.79. The number of carbonyl (C=O) groups excluding carboxylic acids is 1.